The first-order valence-electron chi connectivity index (χ1n) is 7.47. The van der Waals surface area contributed by atoms with Crippen molar-refractivity contribution in [2.45, 2.75) is 13.5 Å². The summed E-state index contributed by atoms with van der Waals surface area (Å²) >= 11 is 1.49. The summed E-state index contributed by atoms with van der Waals surface area (Å²) in [4.78, 5) is 22.2. The van der Waals surface area contributed by atoms with Gasteiger partial charge >= 0.3 is 0 Å². The van der Waals surface area contributed by atoms with E-state index in [1.54, 1.807) is 6.07 Å². The van der Waals surface area contributed by atoms with E-state index in [9.17, 15) is 4.79 Å². The Labute approximate surface area is 138 Å². The molecule has 0 saturated carbocycles. The summed E-state index contributed by atoms with van der Waals surface area (Å²) in [7, 11) is 1.99. The molecule has 0 spiro atoms. The van der Waals surface area contributed by atoms with Gasteiger partial charge in [-0.05, 0) is 37.0 Å². The third-order valence-electron chi connectivity index (χ3n) is 3.63. The van der Waals surface area contributed by atoms with Gasteiger partial charge in [0.2, 0.25) is 0 Å². The van der Waals surface area contributed by atoms with E-state index in [0.717, 1.165) is 22.7 Å². The number of aromatic amines is 1. The molecule has 0 aliphatic rings. The molecule has 2 aromatic heterocycles. The van der Waals surface area contributed by atoms with Crippen LogP contribution in [0, 0.1) is 6.92 Å². The molecule has 3 aromatic rings. The van der Waals surface area contributed by atoms with E-state index in [4.69, 9.17) is 4.74 Å². The summed E-state index contributed by atoms with van der Waals surface area (Å²) in [5.41, 5.74) is 1.06. The zero-order valence-corrected chi connectivity index (χ0v) is 14.0. The largest absolute Gasteiger partial charge is 0.492 e. The van der Waals surface area contributed by atoms with Gasteiger partial charge in [-0.3, -0.25) is 9.69 Å². The standard InChI is InChI=1S/C17H19N3O2S/c1-12-5-3-4-6-14(12)22-9-8-20(2)11-15-18-16(21)13-7-10-23-17(13)19-15/h3-7,10H,8-9,11H2,1-2H3,(H,18,19,21). The molecule has 0 amide bonds. The Morgan fingerprint density at radius 1 is 1.30 bits per heavy atom. The molecule has 1 aromatic carbocycles. The lowest BCUT2D eigenvalue weighted by atomic mass is 10.2. The summed E-state index contributed by atoms with van der Waals surface area (Å²) in [6.45, 7) is 3.96. The molecule has 3 rings (SSSR count). The van der Waals surface area contributed by atoms with E-state index in [1.165, 1.54) is 11.3 Å². The second-order valence-electron chi connectivity index (χ2n) is 5.50. The van der Waals surface area contributed by atoms with Gasteiger partial charge in [0.05, 0.1) is 11.9 Å². The number of aryl methyl sites for hydroxylation is 1. The molecule has 0 radical (unpaired) electrons. The highest BCUT2D eigenvalue weighted by Crippen LogP contribution is 2.16. The second kappa shape index (κ2) is 6.93. The molecule has 0 aliphatic heterocycles. The van der Waals surface area contributed by atoms with Crippen molar-refractivity contribution in [2.75, 3.05) is 20.2 Å². The fourth-order valence-corrected chi connectivity index (χ4v) is 3.13. The smallest absolute Gasteiger partial charge is 0.259 e. The quantitative estimate of drug-likeness (QED) is 0.755. The van der Waals surface area contributed by atoms with Crippen LogP contribution in [0.3, 0.4) is 0 Å². The number of fused-ring (bicyclic) bond motifs is 1. The first-order valence-corrected chi connectivity index (χ1v) is 8.35. The van der Waals surface area contributed by atoms with Crippen molar-refractivity contribution < 1.29 is 4.74 Å². The molecule has 0 aliphatic carbocycles. The molecule has 2 heterocycles. The minimum atomic E-state index is -0.0733. The average molecular weight is 329 g/mol. The first-order chi connectivity index (χ1) is 11.1. The Morgan fingerprint density at radius 2 is 2.13 bits per heavy atom. The highest BCUT2D eigenvalue weighted by molar-refractivity contribution is 7.16. The van der Waals surface area contributed by atoms with Crippen LogP contribution in [-0.4, -0.2) is 35.1 Å². The number of nitrogens with one attached hydrogen (secondary N) is 1. The van der Waals surface area contributed by atoms with Crippen LogP contribution < -0.4 is 10.3 Å². The summed E-state index contributed by atoms with van der Waals surface area (Å²) < 4.78 is 5.79. The number of thiophene rings is 1. The number of likely N-dealkylation sites (N-methyl/N-ethyl adjacent to an activating group) is 1. The van der Waals surface area contributed by atoms with Crippen LogP contribution in [0.4, 0.5) is 0 Å². The van der Waals surface area contributed by atoms with Crippen LogP contribution >= 0.6 is 11.3 Å². The second-order valence-corrected chi connectivity index (χ2v) is 6.40. The van der Waals surface area contributed by atoms with Crippen molar-refractivity contribution in [3.8, 4) is 5.75 Å². The molecule has 0 atom stereocenters. The molecular formula is C17H19N3O2S. The number of nitrogens with zero attached hydrogens (tertiary/aromatic N) is 2. The minimum Gasteiger partial charge on any atom is -0.492 e. The SMILES string of the molecule is Cc1ccccc1OCCN(C)Cc1nc2sccc2c(=O)[nH]1. The summed E-state index contributed by atoms with van der Waals surface area (Å²) in [6, 6.07) is 9.77. The number of rotatable bonds is 6. The van der Waals surface area contributed by atoms with Gasteiger partial charge in [-0.1, -0.05) is 18.2 Å². The Kier molecular flexibility index (Phi) is 4.73. The predicted molar refractivity (Wildman–Crippen MR) is 93.2 cm³/mol. The maximum Gasteiger partial charge on any atom is 0.259 e. The number of hydrogen-bond donors (Lipinski definition) is 1. The van der Waals surface area contributed by atoms with Crippen molar-refractivity contribution in [1.29, 1.82) is 0 Å². The lowest BCUT2D eigenvalue weighted by Crippen LogP contribution is -2.26. The number of ether oxygens (including phenoxy) is 1. The molecule has 120 valence electrons. The molecule has 0 bridgehead atoms. The van der Waals surface area contributed by atoms with Crippen LogP contribution in [-0.2, 0) is 6.54 Å². The minimum absolute atomic E-state index is 0.0733. The van der Waals surface area contributed by atoms with Gasteiger partial charge in [0.15, 0.2) is 0 Å². The molecule has 5 nitrogen and oxygen atoms in total. The van der Waals surface area contributed by atoms with Crippen molar-refractivity contribution in [1.82, 2.24) is 14.9 Å². The highest BCUT2D eigenvalue weighted by Gasteiger charge is 2.08. The Morgan fingerprint density at radius 3 is 2.96 bits per heavy atom. The normalized spacial score (nSPS) is 11.3. The monoisotopic (exact) mass is 329 g/mol. The zero-order chi connectivity index (χ0) is 16.2. The first kappa shape index (κ1) is 15.7. The lowest BCUT2D eigenvalue weighted by Gasteiger charge is -2.17. The maximum atomic E-state index is 11.9. The van der Waals surface area contributed by atoms with Crippen molar-refractivity contribution in [3.05, 3.63) is 57.5 Å². The molecule has 23 heavy (non-hydrogen) atoms. The molecule has 0 fully saturated rings. The van der Waals surface area contributed by atoms with Crippen molar-refractivity contribution in [3.63, 3.8) is 0 Å². The third kappa shape index (κ3) is 3.78. The van der Waals surface area contributed by atoms with E-state index < -0.39 is 0 Å². The van der Waals surface area contributed by atoms with E-state index in [-0.39, 0.29) is 5.56 Å². The van der Waals surface area contributed by atoms with Gasteiger partial charge in [0.25, 0.3) is 5.56 Å². The van der Waals surface area contributed by atoms with Gasteiger partial charge < -0.3 is 9.72 Å². The summed E-state index contributed by atoms with van der Waals surface area (Å²) in [5.74, 6) is 1.59. The Hall–Kier alpha value is -2.18. The highest BCUT2D eigenvalue weighted by atomic mass is 32.1. The zero-order valence-electron chi connectivity index (χ0n) is 13.2. The van der Waals surface area contributed by atoms with Crippen LogP contribution in [0.1, 0.15) is 11.4 Å². The molecule has 0 unspecified atom stereocenters. The van der Waals surface area contributed by atoms with E-state index >= 15 is 0 Å². The van der Waals surface area contributed by atoms with Crippen LogP contribution in [0.15, 0.2) is 40.5 Å². The Balaban J connectivity index is 1.57. The summed E-state index contributed by atoms with van der Waals surface area (Å²) in [6.07, 6.45) is 0. The molecule has 1 N–H and O–H groups in total. The number of hydrogen-bond acceptors (Lipinski definition) is 5. The number of para-hydroxylation sites is 1. The van der Waals surface area contributed by atoms with Gasteiger partial charge in [0, 0.05) is 6.54 Å². The summed E-state index contributed by atoms with van der Waals surface area (Å²) in [5, 5.41) is 2.54. The van der Waals surface area contributed by atoms with Crippen LogP contribution in [0.5, 0.6) is 5.75 Å². The fourth-order valence-electron chi connectivity index (χ4n) is 2.35. The van der Waals surface area contributed by atoms with Crippen LogP contribution in [0.25, 0.3) is 10.2 Å². The Bertz CT molecular complexity index is 856. The van der Waals surface area contributed by atoms with Gasteiger partial charge in [-0.15, -0.1) is 11.3 Å². The number of aromatic nitrogens is 2. The van der Waals surface area contributed by atoms with Crippen molar-refractivity contribution >= 4 is 21.6 Å². The van der Waals surface area contributed by atoms with Crippen molar-refractivity contribution in [2.24, 2.45) is 0 Å². The van der Waals surface area contributed by atoms with E-state index in [0.29, 0.717) is 24.4 Å². The van der Waals surface area contributed by atoms with Gasteiger partial charge in [-0.2, -0.15) is 0 Å². The van der Waals surface area contributed by atoms with Crippen LogP contribution in [0.2, 0.25) is 0 Å². The fraction of sp³-hybridized carbons (Fsp3) is 0.294. The predicted octanol–water partition coefficient (Wildman–Crippen LogP) is 2.80. The number of H-pyrrole nitrogens is 1. The van der Waals surface area contributed by atoms with E-state index in [2.05, 4.69) is 14.9 Å². The third-order valence-corrected chi connectivity index (χ3v) is 4.43. The maximum absolute atomic E-state index is 11.9. The topological polar surface area (TPSA) is 58.2 Å². The molecule has 6 heteroatoms. The average Bonchev–Trinajstić information content (AvgIpc) is 2.98. The lowest BCUT2D eigenvalue weighted by molar-refractivity contribution is 0.229. The van der Waals surface area contributed by atoms with Gasteiger partial charge in [-0.25, -0.2) is 4.98 Å². The van der Waals surface area contributed by atoms with E-state index in [1.807, 2.05) is 43.6 Å². The van der Waals surface area contributed by atoms with Gasteiger partial charge in [0.1, 0.15) is 23.0 Å². The number of benzene rings is 1. The molecular weight excluding hydrogens is 310 g/mol. The molecule has 0 saturated heterocycles.